The average Bonchev–Trinajstić information content (AvgIpc) is 2.76. The van der Waals surface area contributed by atoms with Gasteiger partial charge in [0, 0.05) is 47.5 Å². The molecule has 0 radical (unpaired) electrons. The van der Waals surface area contributed by atoms with E-state index in [1.165, 1.54) is 5.69 Å². The fourth-order valence-electron chi connectivity index (χ4n) is 3.80. The monoisotopic (exact) mass is 431 g/mol. The van der Waals surface area contributed by atoms with Crippen LogP contribution in [0.5, 0.6) is 0 Å². The molecule has 2 amide bonds. The van der Waals surface area contributed by atoms with Crippen LogP contribution in [0.3, 0.4) is 0 Å². The summed E-state index contributed by atoms with van der Waals surface area (Å²) in [5.41, 5.74) is 4.23. The maximum atomic E-state index is 13.1. The fraction of sp³-hybridized carbons (Fsp3) is 0.409. The number of hydrogen-bond donors (Lipinski definition) is 1. The maximum Gasteiger partial charge on any atom is 0.322 e. The molecule has 2 aromatic carbocycles. The highest BCUT2D eigenvalue weighted by Crippen LogP contribution is 2.31. The molecular formula is C22H26ClN3O2S. The van der Waals surface area contributed by atoms with Gasteiger partial charge in [-0.3, -0.25) is 0 Å². The number of aryl methyl sites for hydroxylation is 1. The van der Waals surface area contributed by atoms with Crippen LogP contribution in [0.2, 0.25) is 5.02 Å². The minimum Gasteiger partial charge on any atom is -0.378 e. The second-order valence-electron chi connectivity index (χ2n) is 7.36. The predicted molar refractivity (Wildman–Crippen MR) is 121 cm³/mol. The van der Waals surface area contributed by atoms with Crippen LogP contribution in [0.1, 0.15) is 17.2 Å². The summed E-state index contributed by atoms with van der Waals surface area (Å²) in [4.78, 5) is 17.4. The van der Waals surface area contributed by atoms with Crippen molar-refractivity contribution >= 4 is 40.8 Å². The molecule has 2 fully saturated rings. The Bertz CT molecular complexity index is 856. The standard InChI is InChI=1S/C22H26ClN3O2S/c1-16-14-19(25-8-11-28-12-9-25)6-7-20(16)24-22(27)26-10-13-29-15-21(26)17-2-4-18(23)5-3-17/h2-7,14,21H,8-13,15H2,1H3,(H,24,27). The fourth-order valence-corrected chi connectivity index (χ4v) is 5.02. The smallest absolute Gasteiger partial charge is 0.322 e. The third-order valence-electron chi connectivity index (χ3n) is 5.47. The van der Waals surface area contributed by atoms with Gasteiger partial charge in [0.1, 0.15) is 0 Å². The molecule has 1 atom stereocenters. The Morgan fingerprint density at radius 2 is 1.90 bits per heavy atom. The summed E-state index contributed by atoms with van der Waals surface area (Å²) in [7, 11) is 0. The van der Waals surface area contributed by atoms with Gasteiger partial charge in [-0.05, 0) is 48.4 Å². The van der Waals surface area contributed by atoms with E-state index >= 15 is 0 Å². The summed E-state index contributed by atoms with van der Waals surface area (Å²) in [6, 6.07) is 14.0. The molecule has 29 heavy (non-hydrogen) atoms. The minimum atomic E-state index is -0.0486. The highest BCUT2D eigenvalue weighted by molar-refractivity contribution is 7.99. The van der Waals surface area contributed by atoms with Gasteiger partial charge in [0.25, 0.3) is 0 Å². The number of carbonyl (C=O) groups excluding carboxylic acids is 1. The minimum absolute atomic E-state index is 0.0486. The van der Waals surface area contributed by atoms with Crippen LogP contribution in [0.4, 0.5) is 16.2 Å². The molecule has 0 aromatic heterocycles. The van der Waals surface area contributed by atoms with E-state index in [1.807, 2.05) is 53.9 Å². The lowest BCUT2D eigenvalue weighted by atomic mass is 10.1. The van der Waals surface area contributed by atoms with Crippen LogP contribution in [-0.4, -0.2) is 55.3 Å². The zero-order valence-electron chi connectivity index (χ0n) is 16.6. The topological polar surface area (TPSA) is 44.8 Å². The van der Waals surface area contributed by atoms with E-state index in [2.05, 4.69) is 22.3 Å². The third-order valence-corrected chi connectivity index (χ3v) is 6.75. The molecule has 2 aliphatic rings. The number of anilines is 2. The van der Waals surface area contributed by atoms with E-state index in [4.69, 9.17) is 16.3 Å². The molecular weight excluding hydrogens is 406 g/mol. The van der Waals surface area contributed by atoms with Gasteiger partial charge in [-0.2, -0.15) is 11.8 Å². The molecule has 4 rings (SSSR count). The van der Waals surface area contributed by atoms with Crippen molar-refractivity contribution in [3.63, 3.8) is 0 Å². The Labute approximate surface area is 181 Å². The second-order valence-corrected chi connectivity index (χ2v) is 8.95. The van der Waals surface area contributed by atoms with Gasteiger partial charge >= 0.3 is 6.03 Å². The van der Waals surface area contributed by atoms with E-state index in [9.17, 15) is 4.79 Å². The lowest BCUT2D eigenvalue weighted by Gasteiger charge is -2.36. The molecule has 2 heterocycles. The highest BCUT2D eigenvalue weighted by atomic mass is 35.5. The zero-order chi connectivity index (χ0) is 20.2. The van der Waals surface area contributed by atoms with Crippen molar-refractivity contribution in [2.24, 2.45) is 0 Å². The number of nitrogens with zero attached hydrogens (tertiary/aromatic N) is 2. The van der Waals surface area contributed by atoms with E-state index < -0.39 is 0 Å². The summed E-state index contributed by atoms with van der Waals surface area (Å²) >= 11 is 7.91. The molecule has 2 saturated heterocycles. The summed E-state index contributed by atoms with van der Waals surface area (Å²) < 4.78 is 5.43. The molecule has 0 aliphatic carbocycles. The summed E-state index contributed by atoms with van der Waals surface area (Å²) in [6.07, 6.45) is 0. The first-order chi connectivity index (χ1) is 14.1. The molecule has 2 aromatic rings. The number of carbonyl (C=O) groups is 1. The Balaban J connectivity index is 1.47. The summed E-state index contributed by atoms with van der Waals surface area (Å²) in [5, 5.41) is 3.84. The molecule has 7 heteroatoms. The maximum absolute atomic E-state index is 13.1. The number of nitrogens with one attached hydrogen (secondary N) is 1. The van der Waals surface area contributed by atoms with Crippen LogP contribution >= 0.6 is 23.4 Å². The average molecular weight is 432 g/mol. The van der Waals surface area contributed by atoms with Crippen molar-refractivity contribution < 1.29 is 9.53 Å². The number of halogens is 1. The van der Waals surface area contributed by atoms with Crippen LogP contribution < -0.4 is 10.2 Å². The quantitative estimate of drug-likeness (QED) is 0.757. The van der Waals surface area contributed by atoms with Gasteiger partial charge in [0.15, 0.2) is 0 Å². The largest absolute Gasteiger partial charge is 0.378 e. The SMILES string of the molecule is Cc1cc(N2CCOCC2)ccc1NC(=O)N1CCSCC1c1ccc(Cl)cc1. The first-order valence-corrected chi connectivity index (χ1v) is 11.5. The lowest BCUT2D eigenvalue weighted by Crippen LogP contribution is -2.43. The molecule has 0 saturated carbocycles. The lowest BCUT2D eigenvalue weighted by molar-refractivity contribution is 0.122. The van der Waals surface area contributed by atoms with Crippen molar-refractivity contribution in [1.82, 2.24) is 4.90 Å². The van der Waals surface area contributed by atoms with Crippen LogP contribution in [0.15, 0.2) is 42.5 Å². The van der Waals surface area contributed by atoms with E-state index in [0.29, 0.717) is 5.02 Å². The molecule has 5 nitrogen and oxygen atoms in total. The van der Waals surface area contributed by atoms with Gasteiger partial charge in [-0.15, -0.1) is 0 Å². The molecule has 0 spiro atoms. The van der Waals surface area contributed by atoms with Gasteiger partial charge in [-0.1, -0.05) is 23.7 Å². The summed E-state index contributed by atoms with van der Waals surface area (Å²) in [6.45, 7) is 6.10. The van der Waals surface area contributed by atoms with Crippen molar-refractivity contribution in [3.05, 3.63) is 58.6 Å². The van der Waals surface area contributed by atoms with Gasteiger partial charge in [0.05, 0.1) is 19.3 Å². The Morgan fingerprint density at radius 1 is 1.14 bits per heavy atom. The zero-order valence-corrected chi connectivity index (χ0v) is 18.1. The van der Waals surface area contributed by atoms with Crippen LogP contribution in [0.25, 0.3) is 0 Å². The van der Waals surface area contributed by atoms with E-state index in [1.54, 1.807) is 0 Å². The Hall–Kier alpha value is -1.89. The van der Waals surface area contributed by atoms with Gasteiger partial charge in [0.2, 0.25) is 0 Å². The van der Waals surface area contributed by atoms with E-state index in [0.717, 1.165) is 61.2 Å². The number of rotatable bonds is 3. The number of amides is 2. The van der Waals surface area contributed by atoms with Crippen molar-refractivity contribution in [2.75, 3.05) is 54.6 Å². The molecule has 2 aliphatic heterocycles. The number of morpholine rings is 1. The number of hydrogen-bond acceptors (Lipinski definition) is 4. The Kier molecular flexibility index (Phi) is 6.53. The van der Waals surface area contributed by atoms with Crippen molar-refractivity contribution in [3.8, 4) is 0 Å². The van der Waals surface area contributed by atoms with Gasteiger partial charge < -0.3 is 19.9 Å². The molecule has 1 unspecified atom stereocenters. The van der Waals surface area contributed by atoms with Crippen molar-refractivity contribution in [1.29, 1.82) is 0 Å². The normalized spacial score (nSPS) is 19.9. The predicted octanol–water partition coefficient (Wildman–Crippen LogP) is 4.81. The van der Waals surface area contributed by atoms with Gasteiger partial charge in [-0.25, -0.2) is 4.79 Å². The number of ether oxygens (including phenoxy) is 1. The van der Waals surface area contributed by atoms with E-state index in [-0.39, 0.29) is 12.1 Å². The third kappa shape index (κ3) is 4.82. The Morgan fingerprint density at radius 3 is 2.62 bits per heavy atom. The first kappa shape index (κ1) is 20.4. The number of benzene rings is 2. The number of urea groups is 1. The highest BCUT2D eigenvalue weighted by Gasteiger charge is 2.28. The molecule has 0 bridgehead atoms. The molecule has 1 N–H and O–H groups in total. The van der Waals surface area contributed by atoms with Crippen LogP contribution in [-0.2, 0) is 4.74 Å². The van der Waals surface area contributed by atoms with Crippen LogP contribution in [0, 0.1) is 6.92 Å². The number of thioether (sulfide) groups is 1. The van der Waals surface area contributed by atoms with Crippen molar-refractivity contribution in [2.45, 2.75) is 13.0 Å². The first-order valence-electron chi connectivity index (χ1n) is 9.96. The second kappa shape index (κ2) is 9.28. The molecule has 154 valence electrons. The summed E-state index contributed by atoms with van der Waals surface area (Å²) in [5.74, 6) is 1.84.